The molecule has 9 heteroatoms. The number of urea groups is 2. The molecule has 0 saturated heterocycles. The van der Waals surface area contributed by atoms with Gasteiger partial charge in [0.05, 0.1) is 22.8 Å². The van der Waals surface area contributed by atoms with Crippen molar-refractivity contribution in [3.05, 3.63) is 29.6 Å². The molecule has 4 amide bonds. The normalized spacial score (nSPS) is 11.9. The van der Waals surface area contributed by atoms with Crippen molar-refractivity contribution in [3.8, 4) is 0 Å². The molecule has 0 aromatic carbocycles. The molecule has 0 atom stereocenters. The number of aromatic nitrogens is 1. The van der Waals surface area contributed by atoms with Crippen molar-refractivity contribution in [1.29, 1.82) is 0 Å². The van der Waals surface area contributed by atoms with E-state index >= 15 is 0 Å². The van der Waals surface area contributed by atoms with Crippen LogP contribution in [0.5, 0.6) is 0 Å². The summed E-state index contributed by atoms with van der Waals surface area (Å²) in [6.07, 6.45) is 0. The highest BCUT2D eigenvalue weighted by Crippen LogP contribution is 2.02. The molecule has 6 N–H and O–H groups in total. The van der Waals surface area contributed by atoms with Crippen LogP contribution in [-0.2, 0) is 0 Å². The molecule has 1 rings (SSSR count). The minimum Gasteiger partial charge on any atom is -0.350 e. The lowest BCUT2D eigenvalue weighted by Gasteiger charge is -2.04. The van der Waals surface area contributed by atoms with E-state index in [1.807, 2.05) is 0 Å². The summed E-state index contributed by atoms with van der Waals surface area (Å²) in [5.74, 6) is 0. The second-order valence-corrected chi connectivity index (χ2v) is 3.75. The van der Waals surface area contributed by atoms with Gasteiger partial charge in [-0.05, 0) is 26.0 Å². The summed E-state index contributed by atoms with van der Waals surface area (Å²) < 4.78 is 0. The van der Waals surface area contributed by atoms with Gasteiger partial charge < -0.3 is 11.5 Å². The fourth-order valence-electron chi connectivity index (χ4n) is 1.23. The lowest BCUT2D eigenvalue weighted by Crippen LogP contribution is -2.26. The lowest BCUT2D eigenvalue weighted by atomic mass is 10.2. The topological polar surface area (TPSA) is 148 Å². The van der Waals surface area contributed by atoms with Crippen LogP contribution in [0, 0.1) is 0 Å². The van der Waals surface area contributed by atoms with Gasteiger partial charge in [-0.1, -0.05) is 6.07 Å². The summed E-state index contributed by atoms with van der Waals surface area (Å²) in [6, 6.07) is 3.64. The Bertz CT molecular complexity index is 533. The summed E-state index contributed by atoms with van der Waals surface area (Å²) in [5, 5.41) is 7.54. The van der Waals surface area contributed by atoms with E-state index in [1.165, 1.54) is 0 Å². The first-order chi connectivity index (χ1) is 9.40. The number of primary amides is 2. The fraction of sp³-hybridized carbons (Fsp3) is 0.182. The van der Waals surface area contributed by atoms with Gasteiger partial charge in [0.2, 0.25) is 0 Å². The maximum atomic E-state index is 10.6. The van der Waals surface area contributed by atoms with Crippen LogP contribution in [0.2, 0.25) is 0 Å². The predicted octanol–water partition coefficient (Wildman–Crippen LogP) is -0.134. The Kier molecular flexibility index (Phi) is 5.15. The van der Waals surface area contributed by atoms with Gasteiger partial charge >= 0.3 is 12.1 Å². The van der Waals surface area contributed by atoms with Gasteiger partial charge in [0.15, 0.2) is 0 Å². The van der Waals surface area contributed by atoms with Crippen molar-refractivity contribution in [2.24, 2.45) is 21.7 Å². The van der Waals surface area contributed by atoms with Gasteiger partial charge in [0.25, 0.3) is 0 Å². The van der Waals surface area contributed by atoms with Crippen LogP contribution in [0.15, 0.2) is 28.4 Å². The standard InChI is InChI=1S/C11H15N7O2/c1-6(15-17-10(12)19)8-4-3-5-9(14-8)7(2)16-18-11(13)20/h3-5H,1-2H3,(H3,12,17,19)(H3,13,18,20)/b15-6+,16-7+. The molecular weight excluding hydrogens is 262 g/mol. The zero-order chi connectivity index (χ0) is 15.1. The van der Waals surface area contributed by atoms with Crippen LogP contribution < -0.4 is 22.3 Å². The maximum Gasteiger partial charge on any atom is 0.332 e. The Morgan fingerprint density at radius 2 is 1.40 bits per heavy atom. The Balaban J connectivity index is 2.95. The number of nitrogens with one attached hydrogen (secondary N) is 2. The average Bonchev–Trinajstić information content (AvgIpc) is 2.42. The number of pyridine rings is 1. The summed E-state index contributed by atoms with van der Waals surface area (Å²) in [7, 11) is 0. The number of hydrogen-bond acceptors (Lipinski definition) is 5. The Hall–Kier alpha value is -2.97. The number of carbonyl (C=O) groups excluding carboxylic acids is 2. The number of nitrogens with two attached hydrogens (primary N) is 2. The third-order valence-corrected chi connectivity index (χ3v) is 2.16. The number of hydrogen-bond donors (Lipinski definition) is 4. The molecule has 1 heterocycles. The van der Waals surface area contributed by atoms with Crippen LogP contribution >= 0.6 is 0 Å². The number of amides is 4. The van der Waals surface area contributed by atoms with E-state index in [0.29, 0.717) is 22.8 Å². The smallest absolute Gasteiger partial charge is 0.332 e. The molecule has 0 aliphatic rings. The minimum absolute atomic E-state index is 0.473. The molecule has 0 aliphatic heterocycles. The summed E-state index contributed by atoms with van der Waals surface area (Å²) in [4.78, 5) is 25.4. The second-order valence-electron chi connectivity index (χ2n) is 3.75. The Labute approximate surface area is 115 Å². The second kappa shape index (κ2) is 6.83. The van der Waals surface area contributed by atoms with E-state index in [-0.39, 0.29) is 0 Å². The first-order valence-corrected chi connectivity index (χ1v) is 5.57. The van der Waals surface area contributed by atoms with Gasteiger partial charge in [0, 0.05) is 0 Å². The lowest BCUT2D eigenvalue weighted by molar-refractivity contribution is 0.248. The van der Waals surface area contributed by atoms with Gasteiger partial charge in [0.1, 0.15) is 0 Å². The molecule has 9 nitrogen and oxygen atoms in total. The molecule has 0 fully saturated rings. The van der Waals surface area contributed by atoms with Crippen LogP contribution in [0.3, 0.4) is 0 Å². The first kappa shape index (κ1) is 15.1. The molecular formula is C11H15N7O2. The SMILES string of the molecule is C/C(=N\NC(N)=O)c1cccc(/C(C)=N/NC(N)=O)n1. The zero-order valence-electron chi connectivity index (χ0n) is 11.0. The Morgan fingerprint density at radius 3 is 1.75 bits per heavy atom. The fourth-order valence-corrected chi connectivity index (χ4v) is 1.23. The third-order valence-electron chi connectivity index (χ3n) is 2.16. The van der Waals surface area contributed by atoms with Crippen LogP contribution in [-0.4, -0.2) is 28.5 Å². The molecule has 0 radical (unpaired) electrons. The highest BCUT2D eigenvalue weighted by Gasteiger charge is 2.04. The van der Waals surface area contributed by atoms with Crippen LogP contribution in [0.1, 0.15) is 25.2 Å². The molecule has 1 aromatic heterocycles. The van der Waals surface area contributed by atoms with Crippen molar-refractivity contribution in [1.82, 2.24) is 15.8 Å². The van der Waals surface area contributed by atoms with Crippen LogP contribution in [0.4, 0.5) is 9.59 Å². The van der Waals surface area contributed by atoms with E-state index < -0.39 is 12.1 Å². The molecule has 0 spiro atoms. The molecule has 106 valence electrons. The maximum absolute atomic E-state index is 10.6. The van der Waals surface area contributed by atoms with E-state index in [9.17, 15) is 9.59 Å². The molecule has 0 bridgehead atoms. The van der Waals surface area contributed by atoms with Gasteiger partial charge in [-0.2, -0.15) is 10.2 Å². The molecule has 0 unspecified atom stereocenters. The molecule has 0 saturated carbocycles. The van der Waals surface area contributed by atoms with E-state index in [0.717, 1.165) is 0 Å². The van der Waals surface area contributed by atoms with Crippen molar-refractivity contribution >= 4 is 23.5 Å². The average molecular weight is 277 g/mol. The molecule has 1 aromatic rings. The summed E-state index contributed by atoms with van der Waals surface area (Å²) >= 11 is 0. The van der Waals surface area contributed by atoms with E-state index in [2.05, 4.69) is 26.0 Å². The Morgan fingerprint density at radius 1 is 1.00 bits per heavy atom. The minimum atomic E-state index is -0.760. The van der Waals surface area contributed by atoms with E-state index in [1.54, 1.807) is 32.0 Å². The largest absolute Gasteiger partial charge is 0.350 e. The molecule has 0 aliphatic carbocycles. The number of carbonyl (C=O) groups is 2. The molecule has 20 heavy (non-hydrogen) atoms. The first-order valence-electron chi connectivity index (χ1n) is 5.57. The van der Waals surface area contributed by atoms with Crippen molar-refractivity contribution in [2.45, 2.75) is 13.8 Å². The van der Waals surface area contributed by atoms with Crippen molar-refractivity contribution in [3.63, 3.8) is 0 Å². The number of rotatable bonds is 4. The highest BCUT2D eigenvalue weighted by molar-refractivity contribution is 6.01. The quantitative estimate of drug-likeness (QED) is 0.448. The van der Waals surface area contributed by atoms with Gasteiger partial charge in [-0.3, -0.25) is 0 Å². The zero-order valence-corrected chi connectivity index (χ0v) is 11.0. The van der Waals surface area contributed by atoms with Crippen molar-refractivity contribution in [2.75, 3.05) is 0 Å². The van der Waals surface area contributed by atoms with Crippen LogP contribution in [0.25, 0.3) is 0 Å². The highest BCUT2D eigenvalue weighted by atomic mass is 16.2. The predicted molar refractivity (Wildman–Crippen MR) is 74.1 cm³/mol. The van der Waals surface area contributed by atoms with E-state index in [4.69, 9.17) is 11.5 Å². The van der Waals surface area contributed by atoms with Gasteiger partial charge in [-0.25, -0.2) is 25.4 Å². The van der Waals surface area contributed by atoms with Gasteiger partial charge in [-0.15, -0.1) is 0 Å². The number of nitrogens with zero attached hydrogens (tertiary/aromatic N) is 3. The monoisotopic (exact) mass is 277 g/mol. The third kappa shape index (κ3) is 4.72. The number of hydrazone groups is 2. The summed E-state index contributed by atoms with van der Waals surface area (Å²) in [5.41, 5.74) is 16.1. The summed E-state index contributed by atoms with van der Waals surface area (Å²) in [6.45, 7) is 3.33. The van der Waals surface area contributed by atoms with Crippen molar-refractivity contribution < 1.29 is 9.59 Å².